The van der Waals surface area contributed by atoms with E-state index in [0.29, 0.717) is 37.7 Å². The van der Waals surface area contributed by atoms with Crippen LogP contribution in [0, 0.1) is 0 Å². The van der Waals surface area contributed by atoms with Crippen molar-refractivity contribution in [1.29, 1.82) is 0 Å². The third kappa shape index (κ3) is 3.86. The lowest BCUT2D eigenvalue weighted by Gasteiger charge is -2.36. The van der Waals surface area contributed by atoms with Gasteiger partial charge in [-0.2, -0.15) is 4.31 Å². The smallest absolute Gasteiger partial charge is 0.243 e. The summed E-state index contributed by atoms with van der Waals surface area (Å²) >= 11 is 0. The first-order chi connectivity index (χ1) is 12.6. The lowest BCUT2D eigenvalue weighted by molar-refractivity contribution is 0.337. The van der Waals surface area contributed by atoms with Crippen LogP contribution in [0.2, 0.25) is 0 Å². The summed E-state index contributed by atoms with van der Waals surface area (Å²) in [5, 5.41) is 0. The van der Waals surface area contributed by atoms with Crippen molar-refractivity contribution in [2.45, 2.75) is 25.2 Å². The average Bonchev–Trinajstić information content (AvgIpc) is 2.69. The Morgan fingerprint density at radius 1 is 0.923 bits per heavy atom. The van der Waals surface area contributed by atoms with Crippen molar-refractivity contribution in [2.24, 2.45) is 0 Å². The maximum atomic E-state index is 12.9. The number of sulfonamides is 1. The van der Waals surface area contributed by atoms with Crippen LogP contribution in [0.4, 0.5) is 5.69 Å². The van der Waals surface area contributed by atoms with Crippen LogP contribution in [-0.2, 0) is 16.4 Å². The maximum absolute atomic E-state index is 12.9. The van der Waals surface area contributed by atoms with E-state index in [9.17, 15) is 8.42 Å². The molecule has 0 radical (unpaired) electrons. The monoisotopic (exact) mass is 374 g/mol. The summed E-state index contributed by atoms with van der Waals surface area (Å²) in [7, 11) is -3.44. The summed E-state index contributed by atoms with van der Waals surface area (Å²) < 4.78 is 33.0. The van der Waals surface area contributed by atoms with Crippen molar-refractivity contribution in [3.05, 3.63) is 54.1 Å². The van der Waals surface area contributed by atoms with Crippen LogP contribution in [0.1, 0.15) is 19.4 Å². The van der Waals surface area contributed by atoms with Gasteiger partial charge in [0, 0.05) is 26.2 Å². The van der Waals surface area contributed by atoms with Crippen molar-refractivity contribution in [3.8, 4) is 5.75 Å². The lowest BCUT2D eigenvalue weighted by Crippen LogP contribution is -2.48. The van der Waals surface area contributed by atoms with E-state index >= 15 is 0 Å². The van der Waals surface area contributed by atoms with Crippen LogP contribution < -0.4 is 9.64 Å². The average molecular weight is 375 g/mol. The zero-order valence-corrected chi connectivity index (χ0v) is 16.2. The molecule has 1 aliphatic heterocycles. The van der Waals surface area contributed by atoms with Crippen molar-refractivity contribution >= 4 is 15.7 Å². The Kier molecular flexibility index (Phi) is 5.84. The largest absolute Gasteiger partial charge is 0.492 e. The third-order valence-corrected chi connectivity index (χ3v) is 6.63. The number of aryl methyl sites for hydroxylation is 1. The Labute approximate surface area is 156 Å². The number of piperazine rings is 1. The molecule has 0 aromatic heterocycles. The van der Waals surface area contributed by atoms with Crippen LogP contribution in [0.15, 0.2) is 53.4 Å². The molecule has 1 heterocycles. The molecule has 2 aromatic carbocycles. The van der Waals surface area contributed by atoms with E-state index in [1.54, 1.807) is 16.4 Å². The molecule has 0 unspecified atom stereocenters. The highest BCUT2D eigenvalue weighted by Crippen LogP contribution is 2.29. The molecular formula is C20H26N2O3S. The second-order valence-electron chi connectivity index (χ2n) is 6.29. The second kappa shape index (κ2) is 8.10. The fourth-order valence-corrected chi connectivity index (χ4v) is 4.63. The molecule has 26 heavy (non-hydrogen) atoms. The summed E-state index contributed by atoms with van der Waals surface area (Å²) in [6, 6.07) is 15.1. The number of benzene rings is 2. The highest BCUT2D eigenvalue weighted by Gasteiger charge is 2.29. The van der Waals surface area contributed by atoms with Gasteiger partial charge in [-0.25, -0.2) is 8.42 Å². The number of para-hydroxylation sites is 2. The minimum absolute atomic E-state index is 0.373. The Morgan fingerprint density at radius 3 is 2.19 bits per heavy atom. The van der Waals surface area contributed by atoms with Gasteiger partial charge in [-0.3, -0.25) is 0 Å². The highest BCUT2D eigenvalue weighted by atomic mass is 32.2. The van der Waals surface area contributed by atoms with Crippen LogP contribution in [0.5, 0.6) is 5.75 Å². The van der Waals surface area contributed by atoms with Gasteiger partial charge in [-0.1, -0.05) is 31.2 Å². The topological polar surface area (TPSA) is 49.9 Å². The fourth-order valence-electron chi connectivity index (χ4n) is 3.21. The highest BCUT2D eigenvalue weighted by molar-refractivity contribution is 7.89. The summed E-state index contributed by atoms with van der Waals surface area (Å²) in [4.78, 5) is 2.56. The van der Waals surface area contributed by atoms with E-state index in [2.05, 4.69) is 11.8 Å². The summed E-state index contributed by atoms with van der Waals surface area (Å²) in [5.41, 5.74) is 2.17. The van der Waals surface area contributed by atoms with Gasteiger partial charge in [0.1, 0.15) is 5.75 Å². The molecule has 6 heteroatoms. The molecular weight excluding hydrogens is 348 g/mol. The number of anilines is 1. The van der Waals surface area contributed by atoms with Gasteiger partial charge in [0.15, 0.2) is 0 Å². The van der Waals surface area contributed by atoms with E-state index < -0.39 is 10.0 Å². The molecule has 0 atom stereocenters. The molecule has 0 saturated carbocycles. The molecule has 3 rings (SSSR count). The van der Waals surface area contributed by atoms with Gasteiger partial charge in [-0.15, -0.1) is 0 Å². The second-order valence-corrected chi connectivity index (χ2v) is 8.23. The first kappa shape index (κ1) is 18.7. The Balaban J connectivity index is 1.71. The molecule has 1 fully saturated rings. The molecule has 1 aliphatic rings. The van der Waals surface area contributed by atoms with E-state index in [-0.39, 0.29) is 0 Å². The molecule has 0 amide bonds. The zero-order chi connectivity index (χ0) is 18.6. The van der Waals surface area contributed by atoms with Crippen LogP contribution in [0.25, 0.3) is 0 Å². The first-order valence-corrected chi connectivity index (χ1v) is 10.6. The number of nitrogens with zero attached hydrogens (tertiary/aromatic N) is 2. The molecule has 140 valence electrons. The van der Waals surface area contributed by atoms with Gasteiger partial charge in [0.25, 0.3) is 0 Å². The summed E-state index contributed by atoms with van der Waals surface area (Å²) in [6.45, 7) is 6.87. The van der Waals surface area contributed by atoms with Crippen LogP contribution in [0.3, 0.4) is 0 Å². The Hall–Kier alpha value is -2.05. The fraction of sp³-hybridized carbons (Fsp3) is 0.400. The van der Waals surface area contributed by atoms with Gasteiger partial charge < -0.3 is 9.64 Å². The van der Waals surface area contributed by atoms with Crippen molar-refractivity contribution in [2.75, 3.05) is 37.7 Å². The normalized spacial score (nSPS) is 15.8. The van der Waals surface area contributed by atoms with Gasteiger partial charge in [-0.05, 0) is 43.2 Å². The summed E-state index contributed by atoms with van der Waals surface area (Å²) in [5.74, 6) is 0.849. The Bertz CT molecular complexity index is 826. The van der Waals surface area contributed by atoms with Crippen LogP contribution >= 0.6 is 0 Å². The molecule has 0 spiro atoms. The molecule has 0 N–H and O–H groups in total. The van der Waals surface area contributed by atoms with Crippen molar-refractivity contribution in [1.82, 2.24) is 4.31 Å². The minimum Gasteiger partial charge on any atom is -0.492 e. The molecule has 0 bridgehead atoms. The quantitative estimate of drug-likeness (QED) is 0.779. The van der Waals surface area contributed by atoms with Gasteiger partial charge in [0.2, 0.25) is 10.0 Å². The van der Waals surface area contributed by atoms with Gasteiger partial charge in [0.05, 0.1) is 17.2 Å². The Morgan fingerprint density at radius 2 is 1.58 bits per heavy atom. The lowest BCUT2D eigenvalue weighted by atomic mass is 10.2. The van der Waals surface area contributed by atoms with E-state index in [0.717, 1.165) is 23.4 Å². The molecule has 5 nitrogen and oxygen atoms in total. The predicted molar refractivity (Wildman–Crippen MR) is 104 cm³/mol. The predicted octanol–water partition coefficient (Wildman–Crippen LogP) is 3.16. The van der Waals surface area contributed by atoms with E-state index in [4.69, 9.17) is 4.74 Å². The van der Waals surface area contributed by atoms with Gasteiger partial charge >= 0.3 is 0 Å². The number of hydrogen-bond acceptors (Lipinski definition) is 4. The number of rotatable bonds is 6. The standard InChI is InChI=1S/C20H26N2O3S/c1-3-17-9-11-18(12-10-17)26(23,24)22-15-13-21(14-16-22)19-7-5-6-8-20(19)25-4-2/h5-12H,3-4,13-16H2,1-2H3. The van der Waals surface area contributed by atoms with Crippen LogP contribution in [-0.4, -0.2) is 45.5 Å². The maximum Gasteiger partial charge on any atom is 0.243 e. The van der Waals surface area contributed by atoms with Crippen molar-refractivity contribution < 1.29 is 13.2 Å². The van der Waals surface area contributed by atoms with Crippen molar-refractivity contribution in [3.63, 3.8) is 0 Å². The number of hydrogen-bond donors (Lipinski definition) is 0. The SMILES string of the molecule is CCOc1ccccc1N1CCN(S(=O)(=O)c2ccc(CC)cc2)CC1. The third-order valence-electron chi connectivity index (χ3n) is 4.71. The minimum atomic E-state index is -3.44. The number of ether oxygens (including phenoxy) is 1. The molecule has 0 aliphatic carbocycles. The van der Waals surface area contributed by atoms with E-state index in [1.807, 2.05) is 43.3 Å². The molecule has 2 aromatic rings. The molecule has 1 saturated heterocycles. The zero-order valence-electron chi connectivity index (χ0n) is 15.4. The van der Waals surface area contributed by atoms with E-state index in [1.165, 1.54) is 0 Å². The first-order valence-electron chi connectivity index (χ1n) is 9.12. The summed E-state index contributed by atoms with van der Waals surface area (Å²) in [6.07, 6.45) is 0.901.